The number of nitrogens with one attached hydrogen (secondary N) is 4. The number of aromatic nitrogens is 9. The zero-order valence-corrected chi connectivity index (χ0v) is 61.9. The Morgan fingerprint density at radius 3 is 1.37 bits per heavy atom. The highest BCUT2D eigenvalue weighted by Gasteiger charge is 2.37. The average Bonchev–Trinajstić information content (AvgIpc) is 1.60. The van der Waals surface area contributed by atoms with Gasteiger partial charge in [0.1, 0.15) is 49.3 Å². The minimum absolute atomic E-state index is 0.132. The highest BCUT2D eigenvalue weighted by molar-refractivity contribution is 7.17. The number of aryl methyl sites for hydroxylation is 3. The number of anilines is 16. The van der Waals surface area contributed by atoms with Gasteiger partial charge in [-0.25, -0.2) is 29.9 Å². The van der Waals surface area contributed by atoms with Gasteiger partial charge in [-0.05, 0) is 109 Å². The summed E-state index contributed by atoms with van der Waals surface area (Å²) >= 11 is 4.40. The summed E-state index contributed by atoms with van der Waals surface area (Å²) in [6.45, 7) is 19.3. The third-order valence-corrected chi connectivity index (χ3v) is 21.1. The van der Waals surface area contributed by atoms with Crippen LogP contribution in [0.5, 0.6) is 17.2 Å². The Bertz CT molecular complexity index is 4660. The number of piperazine rings is 1. The molecule has 0 bridgehead atoms. The number of amides is 4. The molecule has 6 aromatic heterocycles. The number of benzene rings is 3. The van der Waals surface area contributed by atoms with E-state index in [9.17, 15) is 24.3 Å². The van der Waals surface area contributed by atoms with E-state index in [4.69, 9.17) is 29.2 Å². The topological polar surface area (TPSA) is 309 Å². The van der Waals surface area contributed by atoms with Gasteiger partial charge in [0, 0.05) is 111 Å². The first-order valence-electron chi connectivity index (χ1n) is 33.3. The first-order chi connectivity index (χ1) is 49.2. The van der Waals surface area contributed by atoms with Crippen LogP contribution in [0.3, 0.4) is 0 Å². The largest absolute Gasteiger partial charge is 0.495 e. The molecule has 5 N–H and O–H groups in total. The van der Waals surface area contributed by atoms with Crippen molar-refractivity contribution in [2.45, 2.75) is 54.5 Å². The Kier molecular flexibility index (Phi) is 21.3. The molecule has 5 aliphatic heterocycles. The van der Waals surface area contributed by atoms with Crippen LogP contribution in [0.1, 0.15) is 88.7 Å². The van der Waals surface area contributed by atoms with Crippen molar-refractivity contribution in [3.05, 3.63) is 116 Å². The summed E-state index contributed by atoms with van der Waals surface area (Å²) in [7, 11) is 14.2. The summed E-state index contributed by atoms with van der Waals surface area (Å²) in [5.74, 6) is 4.31. The summed E-state index contributed by atoms with van der Waals surface area (Å²) < 4.78 is 16.8. The van der Waals surface area contributed by atoms with E-state index in [0.29, 0.717) is 118 Å². The van der Waals surface area contributed by atoms with Crippen LogP contribution in [-0.4, -0.2) is 205 Å². The Morgan fingerprint density at radius 1 is 0.529 bits per heavy atom. The highest BCUT2D eigenvalue weighted by Crippen LogP contribution is 2.46. The van der Waals surface area contributed by atoms with Crippen LogP contribution >= 0.6 is 34.0 Å². The zero-order valence-electron chi connectivity index (χ0n) is 59.4. The molecule has 1 saturated heterocycles. The van der Waals surface area contributed by atoms with Crippen LogP contribution in [0.2, 0.25) is 0 Å². The number of β-amino-alcohol motifs (C(OH)–C–C–N with tert-alkyl or cyclic N) is 1. The van der Waals surface area contributed by atoms with Crippen molar-refractivity contribution in [1.29, 1.82) is 0 Å². The van der Waals surface area contributed by atoms with Gasteiger partial charge in [0.15, 0.2) is 34.5 Å². The predicted molar refractivity (Wildman–Crippen MR) is 401 cm³/mol. The number of hydrogen-bond acceptors (Lipinski definition) is 29. The van der Waals surface area contributed by atoms with Crippen molar-refractivity contribution in [3.8, 4) is 17.2 Å². The van der Waals surface area contributed by atoms with Gasteiger partial charge < -0.3 is 79.8 Å². The second kappa shape index (κ2) is 30.4. The molecule has 14 rings (SSSR count). The third kappa shape index (κ3) is 14.2. The fraction of sp³-hybridized carbons (Fsp3) is 0.377. The maximum absolute atomic E-state index is 13.2. The van der Waals surface area contributed by atoms with Gasteiger partial charge in [0.05, 0.1) is 78.6 Å². The molecule has 102 heavy (non-hydrogen) atoms. The molecule has 0 spiro atoms. The molecule has 30 nitrogen and oxygen atoms in total. The lowest BCUT2D eigenvalue weighted by atomic mass is 9.99. The van der Waals surface area contributed by atoms with Crippen LogP contribution in [0.4, 0.5) is 90.1 Å². The second-order valence-electron chi connectivity index (χ2n) is 24.3. The van der Waals surface area contributed by atoms with E-state index in [1.54, 1.807) is 72.8 Å². The Labute approximate surface area is 603 Å². The smallest absolute Gasteiger partial charge is 0.280 e. The standard InChI is InChI=1S/C25H32N8O3S.C23H27N7O2S.C21H23N7O3S/c1-5-33-19-15-26-25(29-22(19)30(3)24-21(23(33)35)27-16(2)37-24)28-18-7-6-17(14-20(18)36-4)32-10-8-31(9-11-32)12-13-34;1-6-30-17-11-24-23(27-20(17)29(4)22-19(21(30)31)25-13(2)33-22)26-16-9-15-12-28(3)8-7-14(15)10-18(16)32-5;1-6-28-14-10-23-21(25-13-8-7-12(18(29)22-3)9-15(13)31-5)26-17(14)27(4)20-16(19(28)30)24-11(2)32-20/h6-7,14-15,34H,5,8-13H2,1-4H3,(H,26,28,29);9-11H,6-8,12H2,1-5H3,(H,24,26,27);7-10H,6H2,1-5H3,(H,22,29)(H,23,25,26). The number of carbonyl (C=O) groups excluding carboxylic acids is 4. The first kappa shape index (κ1) is 71.4. The van der Waals surface area contributed by atoms with E-state index in [0.717, 1.165) is 98.5 Å². The van der Waals surface area contributed by atoms with Gasteiger partial charge in [-0.2, -0.15) is 15.0 Å². The van der Waals surface area contributed by atoms with Gasteiger partial charge in [0.2, 0.25) is 17.8 Å². The van der Waals surface area contributed by atoms with Crippen molar-refractivity contribution in [2.24, 2.45) is 0 Å². The number of fused-ring (bicyclic) bond motifs is 7. The Balaban J connectivity index is 0.000000145. The normalized spacial score (nSPS) is 14.8. The van der Waals surface area contributed by atoms with Gasteiger partial charge in [0.25, 0.3) is 23.6 Å². The fourth-order valence-electron chi connectivity index (χ4n) is 12.7. The summed E-state index contributed by atoms with van der Waals surface area (Å²) in [6.07, 6.45) is 6.00. The zero-order chi connectivity index (χ0) is 72.4. The highest BCUT2D eigenvalue weighted by atomic mass is 32.1. The van der Waals surface area contributed by atoms with Gasteiger partial charge in [-0.3, -0.25) is 24.1 Å². The van der Waals surface area contributed by atoms with Gasteiger partial charge in [-0.15, -0.1) is 34.0 Å². The number of aliphatic hydroxyl groups excluding tert-OH is 1. The van der Waals surface area contributed by atoms with Crippen LogP contribution in [0.15, 0.2) is 67.1 Å². The van der Waals surface area contributed by atoms with Crippen LogP contribution in [0.25, 0.3) is 0 Å². The third-order valence-electron chi connectivity index (χ3n) is 17.9. The van der Waals surface area contributed by atoms with Crippen molar-refractivity contribution in [2.75, 3.05) is 172 Å². The van der Waals surface area contributed by atoms with Crippen LogP contribution < -0.4 is 69.8 Å². The SMILES string of the molecule is CCN1C(=O)c2nc(C)sc2N(C)c2nc(Nc3cc4c(cc3OC)CCN(C)C4)ncc21.CCN1C(=O)c2nc(C)sc2N(C)c2nc(Nc3ccc(C(=O)NC)cc3OC)ncc21.CCN1C(=O)c2nc(C)sc2N(C)c2nc(Nc3ccc(N4CCN(CCO)CC4)cc3OC)ncc21. The van der Waals surface area contributed by atoms with Crippen LogP contribution in [-0.2, 0) is 13.0 Å². The average molecular weight is 1440 g/mol. The second-order valence-corrected chi connectivity index (χ2v) is 27.9. The maximum atomic E-state index is 13.2. The first-order valence-corrected chi connectivity index (χ1v) is 35.7. The summed E-state index contributed by atoms with van der Waals surface area (Å²) in [5.41, 5.74) is 9.53. The molecule has 4 amide bonds. The van der Waals surface area contributed by atoms with Crippen molar-refractivity contribution in [3.63, 3.8) is 0 Å². The number of likely N-dealkylation sites (N-methyl/N-ethyl adjacent to an activating group) is 1. The van der Waals surface area contributed by atoms with Gasteiger partial charge >= 0.3 is 0 Å². The molecule has 534 valence electrons. The molecular formula is C69H82N22O8S3. The lowest BCUT2D eigenvalue weighted by Gasteiger charge is -2.36. The van der Waals surface area contributed by atoms with E-state index in [2.05, 4.69) is 91.1 Å². The molecule has 0 radical (unpaired) electrons. The molecule has 0 saturated carbocycles. The Hall–Kier alpha value is -10.5. The molecule has 5 aliphatic rings. The Morgan fingerprint density at radius 2 is 0.951 bits per heavy atom. The molecule has 0 atom stereocenters. The molecule has 11 heterocycles. The van der Waals surface area contributed by atoms with E-state index >= 15 is 0 Å². The molecule has 0 aliphatic carbocycles. The number of carbonyl (C=O) groups is 4. The van der Waals surface area contributed by atoms with Crippen molar-refractivity contribution in [1.82, 2.24) is 60.0 Å². The number of methoxy groups -OCH3 is 3. The molecule has 33 heteroatoms. The quantitative estimate of drug-likeness (QED) is 0.0601. The molecule has 1 fully saturated rings. The summed E-state index contributed by atoms with van der Waals surface area (Å²) in [4.78, 5) is 110. The number of hydrogen-bond donors (Lipinski definition) is 5. The monoisotopic (exact) mass is 1440 g/mol. The van der Waals surface area contributed by atoms with Gasteiger partial charge in [-0.1, -0.05) is 0 Å². The molecule has 0 unspecified atom stereocenters. The maximum Gasteiger partial charge on any atom is 0.280 e. The van der Waals surface area contributed by atoms with E-state index in [1.165, 1.54) is 52.2 Å². The lowest BCUT2D eigenvalue weighted by molar-refractivity contribution is 0.0958. The predicted octanol–water partition coefficient (Wildman–Crippen LogP) is 9.69. The number of rotatable bonds is 16. The van der Waals surface area contributed by atoms with E-state index < -0.39 is 0 Å². The molecular weight excluding hydrogens is 1360 g/mol. The summed E-state index contributed by atoms with van der Waals surface area (Å²) in [6, 6.07) is 15.3. The summed E-state index contributed by atoms with van der Waals surface area (Å²) in [5, 5.41) is 26.3. The number of nitrogens with zero attached hydrogens (tertiary/aromatic N) is 18. The van der Waals surface area contributed by atoms with E-state index in [-0.39, 0.29) is 30.2 Å². The van der Waals surface area contributed by atoms with Crippen molar-refractivity contribution < 1.29 is 38.5 Å². The molecule has 9 aromatic rings. The number of aliphatic hydroxyl groups is 1. The van der Waals surface area contributed by atoms with E-state index in [1.807, 2.05) is 89.5 Å². The minimum atomic E-state index is -0.210. The van der Waals surface area contributed by atoms with Crippen molar-refractivity contribution >= 4 is 148 Å². The number of thiazole rings is 3. The lowest BCUT2D eigenvalue weighted by Crippen LogP contribution is -2.47. The molecule has 3 aromatic carbocycles. The fourth-order valence-corrected chi connectivity index (χ4v) is 15.3. The minimum Gasteiger partial charge on any atom is -0.495 e. The number of ether oxygens (including phenoxy) is 3. The van der Waals surface area contributed by atoms with Crippen LogP contribution in [0, 0.1) is 20.8 Å².